The Morgan fingerprint density at radius 3 is 2.39 bits per heavy atom. The van der Waals surface area contributed by atoms with Gasteiger partial charge in [0.1, 0.15) is 0 Å². The molecule has 1 rings (SSSR count). The lowest BCUT2D eigenvalue weighted by Gasteiger charge is -2.31. The zero-order valence-corrected chi connectivity index (χ0v) is 15.8. The van der Waals surface area contributed by atoms with Crippen molar-refractivity contribution in [1.29, 1.82) is 0 Å². The molecule has 0 spiro atoms. The smallest absolute Gasteiger partial charge is 0.236 e. The highest BCUT2D eigenvalue weighted by atomic mass is 35.5. The van der Waals surface area contributed by atoms with E-state index in [1.165, 1.54) is 0 Å². The second-order valence-electron chi connectivity index (χ2n) is 5.40. The Labute approximate surface area is 151 Å². The molecule has 0 aliphatic rings. The molecule has 0 fully saturated rings. The number of carbonyl (C=O) groups excluding carboxylic acids is 1. The molecule has 0 bridgehead atoms. The first-order valence-electron chi connectivity index (χ1n) is 8.06. The molecule has 6 heteroatoms. The van der Waals surface area contributed by atoms with Gasteiger partial charge in [0.25, 0.3) is 0 Å². The lowest BCUT2D eigenvalue weighted by atomic mass is 10.0. The molecule has 1 aromatic carbocycles. The molecule has 1 amide bonds. The second-order valence-corrected chi connectivity index (χ2v) is 5.81. The van der Waals surface area contributed by atoms with Crippen LogP contribution < -0.4 is 11.1 Å². The van der Waals surface area contributed by atoms with Crippen molar-refractivity contribution in [1.82, 2.24) is 10.2 Å². The van der Waals surface area contributed by atoms with E-state index >= 15 is 0 Å². The third-order valence-corrected chi connectivity index (χ3v) is 4.27. The average Bonchev–Trinajstić information content (AvgIpc) is 2.52. The average molecular weight is 362 g/mol. The minimum atomic E-state index is -0.436. The first kappa shape index (κ1) is 22.2. The topological polar surface area (TPSA) is 58.4 Å². The van der Waals surface area contributed by atoms with Crippen molar-refractivity contribution in [3.8, 4) is 0 Å². The number of carbonyl (C=O) groups is 1. The number of amides is 1. The van der Waals surface area contributed by atoms with Gasteiger partial charge in [0.2, 0.25) is 5.91 Å². The predicted octanol–water partition coefficient (Wildman–Crippen LogP) is 3.39. The highest BCUT2D eigenvalue weighted by Gasteiger charge is 2.22. The van der Waals surface area contributed by atoms with Crippen LogP contribution >= 0.6 is 24.0 Å². The van der Waals surface area contributed by atoms with E-state index in [4.69, 9.17) is 17.3 Å². The number of likely N-dealkylation sites (N-methyl/N-ethyl adjacent to an activating group) is 1. The van der Waals surface area contributed by atoms with Crippen molar-refractivity contribution >= 4 is 29.9 Å². The van der Waals surface area contributed by atoms with E-state index in [9.17, 15) is 4.79 Å². The van der Waals surface area contributed by atoms with E-state index in [1.807, 2.05) is 31.2 Å². The summed E-state index contributed by atoms with van der Waals surface area (Å²) in [5.74, 6) is -0.0916. The summed E-state index contributed by atoms with van der Waals surface area (Å²) >= 11 is 6.34. The first-order valence-corrected chi connectivity index (χ1v) is 8.44. The third-order valence-electron chi connectivity index (χ3n) is 3.92. The molecule has 3 N–H and O–H groups in total. The molecule has 23 heavy (non-hydrogen) atoms. The number of benzene rings is 1. The van der Waals surface area contributed by atoms with E-state index in [2.05, 4.69) is 24.1 Å². The molecule has 0 saturated heterocycles. The van der Waals surface area contributed by atoms with Crippen LogP contribution in [-0.2, 0) is 4.79 Å². The van der Waals surface area contributed by atoms with E-state index in [0.717, 1.165) is 30.1 Å². The molecule has 2 atom stereocenters. The monoisotopic (exact) mass is 361 g/mol. The number of halogens is 2. The van der Waals surface area contributed by atoms with Gasteiger partial charge in [-0.25, -0.2) is 0 Å². The standard InChI is InChI=1S/C17H28ClN3O.ClH/c1-4-9-15(19)17(22)20-12-16(21(5-2)6-3)13-10-7-8-11-14(13)18;/h7-8,10-11,15-16H,4-6,9,12,19H2,1-3H3,(H,20,22);1H. The van der Waals surface area contributed by atoms with Gasteiger partial charge in [0.15, 0.2) is 0 Å². The maximum atomic E-state index is 12.1. The fourth-order valence-electron chi connectivity index (χ4n) is 2.62. The zero-order valence-electron chi connectivity index (χ0n) is 14.2. The van der Waals surface area contributed by atoms with Crippen LogP contribution in [0, 0.1) is 0 Å². The second kappa shape index (κ2) is 11.7. The largest absolute Gasteiger partial charge is 0.353 e. The van der Waals surface area contributed by atoms with Crippen molar-refractivity contribution in [3.63, 3.8) is 0 Å². The molecule has 0 radical (unpaired) electrons. The Hall–Kier alpha value is -0.810. The Kier molecular flexibility index (Phi) is 11.3. The summed E-state index contributed by atoms with van der Waals surface area (Å²) in [6.45, 7) is 8.54. The van der Waals surface area contributed by atoms with Crippen LogP contribution in [-0.4, -0.2) is 36.5 Å². The van der Waals surface area contributed by atoms with Gasteiger partial charge in [0.05, 0.1) is 12.1 Å². The highest BCUT2D eigenvalue weighted by molar-refractivity contribution is 6.31. The summed E-state index contributed by atoms with van der Waals surface area (Å²) in [6.07, 6.45) is 1.60. The number of rotatable bonds is 9. The maximum absolute atomic E-state index is 12.1. The van der Waals surface area contributed by atoms with Gasteiger partial charge in [-0.05, 0) is 31.1 Å². The summed E-state index contributed by atoms with van der Waals surface area (Å²) in [4.78, 5) is 14.3. The van der Waals surface area contributed by atoms with Gasteiger partial charge >= 0.3 is 0 Å². The highest BCUT2D eigenvalue weighted by Crippen LogP contribution is 2.26. The molecular weight excluding hydrogens is 333 g/mol. The molecule has 0 aliphatic heterocycles. The third kappa shape index (κ3) is 6.68. The minimum absolute atomic E-state index is 0. The fraction of sp³-hybridized carbons (Fsp3) is 0.588. The van der Waals surface area contributed by atoms with Crippen LogP contribution in [0.4, 0.5) is 0 Å². The van der Waals surface area contributed by atoms with Gasteiger partial charge in [-0.2, -0.15) is 0 Å². The molecule has 0 heterocycles. The van der Waals surface area contributed by atoms with Crippen molar-refractivity contribution in [2.75, 3.05) is 19.6 Å². The lowest BCUT2D eigenvalue weighted by Crippen LogP contribution is -2.44. The molecule has 132 valence electrons. The molecule has 1 aromatic rings. The van der Waals surface area contributed by atoms with Crippen LogP contribution in [0.2, 0.25) is 5.02 Å². The summed E-state index contributed by atoms with van der Waals surface area (Å²) in [5.41, 5.74) is 6.91. The van der Waals surface area contributed by atoms with Crippen molar-refractivity contribution < 1.29 is 4.79 Å². The minimum Gasteiger partial charge on any atom is -0.353 e. The molecule has 0 aliphatic carbocycles. The molecule has 2 unspecified atom stereocenters. The summed E-state index contributed by atoms with van der Waals surface area (Å²) in [7, 11) is 0. The number of nitrogens with one attached hydrogen (secondary N) is 1. The van der Waals surface area contributed by atoms with Crippen molar-refractivity contribution in [2.45, 2.75) is 45.7 Å². The van der Waals surface area contributed by atoms with Gasteiger partial charge in [-0.15, -0.1) is 12.4 Å². The van der Waals surface area contributed by atoms with E-state index < -0.39 is 6.04 Å². The molecular formula is C17H29Cl2N3O. The quantitative estimate of drug-likeness (QED) is 0.708. The van der Waals surface area contributed by atoms with Gasteiger partial charge in [-0.1, -0.05) is 57.0 Å². The van der Waals surface area contributed by atoms with E-state index in [-0.39, 0.29) is 24.4 Å². The van der Waals surface area contributed by atoms with E-state index in [0.29, 0.717) is 13.0 Å². The van der Waals surface area contributed by atoms with Gasteiger partial charge < -0.3 is 11.1 Å². The summed E-state index contributed by atoms with van der Waals surface area (Å²) in [5, 5.41) is 3.71. The summed E-state index contributed by atoms with van der Waals surface area (Å²) < 4.78 is 0. The Morgan fingerprint density at radius 1 is 1.26 bits per heavy atom. The Bertz CT molecular complexity index is 467. The van der Waals surface area contributed by atoms with Crippen molar-refractivity contribution in [2.24, 2.45) is 5.73 Å². The predicted molar refractivity (Wildman–Crippen MR) is 100 cm³/mol. The van der Waals surface area contributed by atoms with Crippen LogP contribution in [0.1, 0.15) is 45.2 Å². The first-order chi connectivity index (χ1) is 10.5. The van der Waals surface area contributed by atoms with Crippen LogP contribution in [0.3, 0.4) is 0 Å². The number of nitrogens with zero attached hydrogens (tertiary/aromatic N) is 1. The van der Waals surface area contributed by atoms with E-state index in [1.54, 1.807) is 0 Å². The number of hydrogen-bond donors (Lipinski definition) is 2. The maximum Gasteiger partial charge on any atom is 0.236 e. The van der Waals surface area contributed by atoms with Crippen LogP contribution in [0.15, 0.2) is 24.3 Å². The number of hydrogen-bond acceptors (Lipinski definition) is 3. The van der Waals surface area contributed by atoms with Crippen LogP contribution in [0.5, 0.6) is 0 Å². The lowest BCUT2D eigenvalue weighted by molar-refractivity contribution is -0.122. The molecule has 0 aromatic heterocycles. The SMILES string of the molecule is CCCC(N)C(=O)NCC(c1ccccc1Cl)N(CC)CC.Cl. The van der Waals surface area contributed by atoms with Gasteiger partial charge in [-0.3, -0.25) is 9.69 Å². The molecule has 4 nitrogen and oxygen atoms in total. The zero-order chi connectivity index (χ0) is 16.5. The Balaban J connectivity index is 0.00000484. The normalized spacial score (nSPS) is 13.3. The number of nitrogens with two attached hydrogens (primary N) is 1. The van der Waals surface area contributed by atoms with Crippen molar-refractivity contribution in [3.05, 3.63) is 34.9 Å². The molecule has 0 saturated carbocycles. The van der Waals surface area contributed by atoms with Crippen LogP contribution in [0.25, 0.3) is 0 Å². The summed E-state index contributed by atoms with van der Waals surface area (Å²) in [6, 6.07) is 7.42. The van der Waals surface area contributed by atoms with Gasteiger partial charge in [0, 0.05) is 11.6 Å². The fourth-order valence-corrected chi connectivity index (χ4v) is 2.88. The Morgan fingerprint density at radius 2 is 1.87 bits per heavy atom.